The van der Waals surface area contributed by atoms with Crippen molar-refractivity contribution in [2.75, 3.05) is 33.9 Å². The zero-order valence-corrected chi connectivity index (χ0v) is 14.2. The molecule has 132 valence electrons. The van der Waals surface area contributed by atoms with Gasteiger partial charge in [-0.1, -0.05) is 6.07 Å². The molecule has 0 saturated carbocycles. The molecule has 1 amide bonds. The van der Waals surface area contributed by atoms with Gasteiger partial charge < -0.3 is 19.7 Å². The molecular formula is C18H20FN3O3. The number of hydrogen-bond donors (Lipinski definition) is 1. The van der Waals surface area contributed by atoms with Crippen LogP contribution < -0.4 is 14.8 Å². The van der Waals surface area contributed by atoms with E-state index in [2.05, 4.69) is 10.3 Å². The van der Waals surface area contributed by atoms with Crippen LogP contribution in [0.5, 0.6) is 11.5 Å². The highest BCUT2D eigenvalue weighted by Crippen LogP contribution is 2.32. The minimum absolute atomic E-state index is 0.0339. The molecule has 0 aliphatic carbocycles. The average Bonchev–Trinajstić information content (AvgIpc) is 2.67. The van der Waals surface area contributed by atoms with Gasteiger partial charge >= 0.3 is 0 Å². The summed E-state index contributed by atoms with van der Waals surface area (Å²) in [5.74, 6) is -0.444. The second-order valence-corrected chi connectivity index (χ2v) is 5.69. The molecule has 1 atom stereocenters. The maximum Gasteiger partial charge on any atom is 0.257 e. The van der Waals surface area contributed by atoms with Crippen molar-refractivity contribution in [2.45, 2.75) is 6.04 Å². The predicted octanol–water partition coefficient (Wildman–Crippen LogP) is 2.02. The Hall–Kier alpha value is -2.67. The summed E-state index contributed by atoms with van der Waals surface area (Å²) in [5.41, 5.74) is 0.873. The summed E-state index contributed by atoms with van der Waals surface area (Å²) in [6.45, 7) is 1.72. The van der Waals surface area contributed by atoms with Gasteiger partial charge in [-0.15, -0.1) is 0 Å². The van der Waals surface area contributed by atoms with Crippen LogP contribution in [-0.4, -0.2) is 49.6 Å². The van der Waals surface area contributed by atoms with E-state index in [-0.39, 0.29) is 23.3 Å². The number of benzene rings is 1. The maximum absolute atomic E-state index is 14.5. The van der Waals surface area contributed by atoms with E-state index in [0.29, 0.717) is 25.4 Å². The standard InChI is InChI=1S/C18H20FN3O3/c1-24-16-8-13(14(19)9-17(16)25-2)18(23)22-7-6-21-11-15(22)12-4-3-5-20-10-12/h3-5,8-10,15,21H,6-7,11H2,1-2H3. The van der Waals surface area contributed by atoms with Crippen molar-refractivity contribution in [3.8, 4) is 11.5 Å². The number of carbonyl (C=O) groups excluding carboxylic acids is 1. The number of rotatable bonds is 4. The number of nitrogens with one attached hydrogen (secondary N) is 1. The van der Waals surface area contributed by atoms with Crippen molar-refractivity contribution in [2.24, 2.45) is 0 Å². The van der Waals surface area contributed by atoms with Gasteiger partial charge in [0.15, 0.2) is 11.5 Å². The Morgan fingerprint density at radius 2 is 2.08 bits per heavy atom. The van der Waals surface area contributed by atoms with Crippen molar-refractivity contribution in [3.05, 3.63) is 53.6 Å². The number of nitrogens with zero attached hydrogens (tertiary/aromatic N) is 2. The highest BCUT2D eigenvalue weighted by atomic mass is 19.1. The van der Waals surface area contributed by atoms with Crippen LogP contribution in [0.2, 0.25) is 0 Å². The van der Waals surface area contributed by atoms with Crippen molar-refractivity contribution >= 4 is 5.91 Å². The van der Waals surface area contributed by atoms with Crippen LogP contribution in [0, 0.1) is 5.82 Å². The van der Waals surface area contributed by atoms with Crippen LogP contribution in [0.15, 0.2) is 36.7 Å². The fourth-order valence-corrected chi connectivity index (χ4v) is 2.99. The van der Waals surface area contributed by atoms with Crippen LogP contribution >= 0.6 is 0 Å². The lowest BCUT2D eigenvalue weighted by Crippen LogP contribution is -2.48. The highest BCUT2D eigenvalue weighted by molar-refractivity contribution is 5.95. The SMILES string of the molecule is COc1cc(F)c(C(=O)N2CCNCC2c2cccnc2)cc1OC. The van der Waals surface area contributed by atoms with Crippen LogP contribution in [-0.2, 0) is 0 Å². The smallest absolute Gasteiger partial charge is 0.257 e. The van der Waals surface area contributed by atoms with Gasteiger partial charge in [-0.2, -0.15) is 0 Å². The van der Waals surface area contributed by atoms with Crippen LogP contribution in [0.1, 0.15) is 22.0 Å². The van der Waals surface area contributed by atoms with E-state index in [1.807, 2.05) is 12.1 Å². The monoisotopic (exact) mass is 345 g/mol. The normalized spacial score (nSPS) is 17.2. The third-order valence-electron chi connectivity index (χ3n) is 4.28. The lowest BCUT2D eigenvalue weighted by molar-refractivity contribution is 0.0628. The molecule has 1 fully saturated rings. The average molecular weight is 345 g/mol. The van der Waals surface area contributed by atoms with E-state index >= 15 is 0 Å². The van der Waals surface area contributed by atoms with Gasteiger partial charge in [-0.25, -0.2) is 4.39 Å². The largest absolute Gasteiger partial charge is 0.493 e. The molecule has 6 nitrogen and oxygen atoms in total. The summed E-state index contributed by atoms with van der Waals surface area (Å²) in [6.07, 6.45) is 3.41. The van der Waals surface area contributed by atoms with Gasteiger partial charge in [-0.05, 0) is 17.7 Å². The fraction of sp³-hybridized carbons (Fsp3) is 0.333. The topological polar surface area (TPSA) is 63.7 Å². The Bertz CT molecular complexity index is 755. The molecule has 3 rings (SSSR count). The highest BCUT2D eigenvalue weighted by Gasteiger charge is 2.31. The fourth-order valence-electron chi connectivity index (χ4n) is 2.99. The number of carbonyl (C=O) groups is 1. The Kier molecular flexibility index (Phi) is 5.14. The molecule has 1 aliphatic heterocycles. The minimum Gasteiger partial charge on any atom is -0.493 e. The van der Waals surface area contributed by atoms with Crippen LogP contribution in [0.25, 0.3) is 0 Å². The Morgan fingerprint density at radius 3 is 2.76 bits per heavy atom. The summed E-state index contributed by atoms with van der Waals surface area (Å²) >= 11 is 0. The summed E-state index contributed by atoms with van der Waals surface area (Å²) in [4.78, 5) is 18.8. The number of ether oxygens (including phenoxy) is 2. The zero-order valence-electron chi connectivity index (χ0n) is 14.2. The minimum atomic E-state index is -0.633. The van der Waals surface area contributed by atoms with E-state index < -0.39 is 5.82 Å². The number of aromatic nitrogens is 1. The van der Waals surface area contributed by atoms with Crippen LogP contribution in [0.4, 0.5) is 4.39 Å². The maximum atomic E-state index is 14.5. The van der Waals surface area contributed by atoms with E-state index in [1.54, 1.807) is 17.3 Å². The number of piperazine rings is 1. The second-order valence-electron chi connectivity index (χ2n) is 5.69. The summed E-state index contributed by atoms with van der Waals surface area (Å²) in [7, 11) is 2.88. The molecule has 2 heterocycles. The molecule has 1 aromatic heterocycles. The molecule has 1 aromatic carbocycles. The quantitative estimate of drug-likeness (QED) is 0.919. The second kappa shape index (κ2) is 7.48. The van der Waals surface area contributed by atoms with Crippen LogP contribution in [0.3, 0.4) is 0 Å². The van der Waals surface area contributed by atoms with Crippen molar-refractivity contribution in [3.63, 3.8) is 0 Å². The van der Waals surface area contributed by atoms with Gasteiger partial charge in [0.05, 0.1) is 25.8 Å². The van der Waals surface area contributed by atoms with E-state index in [4.69, 9.17) is 9.47 Å². The molecule has 7 heteroatoms. The van der Waals surface area contributed by atoms with Gasteiger partial charge in [0.1, 0.15) is 5.82 Å². The lowest BCUT2D eigenvalue weighted by atomic mass is 10.0. The zero-order chi connectivity index (χ0) is 17.8. The molecule has 2 aromatic rings. The summed E-state index contributed by atoms with van der Waals surface area (Å²) in [5, 5.41) is 3.26. The van der Waals surface area contributed by atoms with Gasteiger partial charge in [0.25, 0.3) is 5.91 Å². The summed E-state index contributed by atoms with van der Waals surface area (Å²) < 4.78 is 24.8. The molecule has 0 spiro atoms. The van der Waals surface area contributed by atoms with Gasteiger partial charge in [-0.3, -0.25) is 9.78 Å². The Balaban J connectivity index is 1.95. The molecule has 1 unspecified atom stereocenters. The first-order valence-corrected chi connectivity index (χ1v) is 7.99. The van der Waals surface area contributed by atoms with E-state index in [9.17, 15) is 9.18 Å². The summed E-state index contributed by atoms with van der Waals surface area (Å²) in [6, 6.07) is 6.09. The van der Waals surface area contributed by atoms with Crippen molar-refractivity contribution < 1.29 is 18.7 Å². The number of methoxy groups -OCH3 is 2. The first kappa shape index (κ1) is 17.2. The number of hydrogen-bond acceptors (Lipinski definition) is 5. The van der Waals surface area contributed by atoms with Crippen molar-refractivity contribution in [1.82, 2.24) is 15.2 Å². The number of pyridine rings is 1. The third-order valence-corrected chi connectivity index (χ3v) is 4.28. The van der Waals surface area contributed by atoms with E-state index in [1.165, 1.54) is 26.4 Å². The molecular weight excluding hydrogens is 325 g/mol. The Labute approximate surface area is 145 Å². The Morgan fingerprint density at radius 1 is 1.32 bits per heavy atom. The predicted molar refractivity (Wildman–Crippen MR) is 90.4 cm³/mol. The van der Waals surface area contributed by atoms with E-state index in [0.717, 1.165) is 5.56 Å². The number of halogens is 1. The first-order chi connectivity index (χ1) is 12.2. The molecule has 1 N–H and O–H groups in total. The lowest BCUT2D eigenvalue weighted by Gasteiger charge is -2.36. The molecule has 1 aliphatic rings. The third kappa shape index (κ3) is 3.41. The van der Waals surface area contributed by atoms with Gasteiger partial charge in [0.2, 0.25) is 0 Å². The number of amides is 1. The molecule has 1 saturated heterocycles. The molecule has 25 heavy (non-hydrogen) atoms. The first-order valence-electron chi connectivity index (χ1n) is 7.99. The van der Waals surface area contributed by atoms with Gasteiger partial charge in [0, 0.05) is 38.1 Å². The molecule has 0 bridgehead atoms. The molecule has 0 radical (unpaired) electrons. The van der Waals surface area contributed by atoms with Crippen molar-refractivity contribution in [1.29, 1.82) is 0 Å².